The molecule has 0 spiro atoms. The third kappa shape index (κ3) is 4.03. The van der Waals surface area contributed by atoms with Gasteiger partial charge in [0.2, 0.25) is 10.0 Å². The standard InChI is InChI=1S/C18H19FN2O4S/c1-13-9-16(7-8-17(13)19)26(23,24)21-10-15(11-21)20-18(22)25-12-14-5-3-2-4-6-14/h2-9,15H,10-12H2,1H3,(H,20,22). The smallest absolute Gasteiger partial charge is 0.407 e. The number of benzene rings is 2. The Morgan fingerprint density at radius 3 is 2.58 bits per heavy atom. The summed E-state index contributed by atoms with van der Waals surface area (Å²) in [5.41, 5.74) is 1.14. The fraction of sp³-hybridized carbons (Fsp3) is 0.278. The summed E-state index contributed by atoms with van der Waals surface area (Å²) in [6.07, 6.45) is -0.589. The zero-order chi connectivity index (χ0) is 18.7. The van der Waals surface area contributed by atoms with Crippen LogP contribution in [0.5, 0.6) is 0 Å². The lowest BCUT2D eigenvalue weighted by Crippen LogP contribution is -2.60. The Morgan fingerprint density at radius 2 is 1.92 bits per heavy atom. The van der Waals surface area contributed by atoms with Crippen LogP contribution in [0.15, 0.2) is 53.4 Å². The molecule has 1 aliphatic heterocycles. The van der Waals surface area contributed by atoms with Gasteiger partial charge in [0.15, 0.2) is 0 Å². The topological polar surface area (TPSA) is 75.7 Å². The molecule has 1 aliphatic rings. The van der Waals surface area contributed by atoms with Crippen molar-refractivity contribution in [1.82, 2.24) is 9.62 Å². The van der Waals surface area contributed by atoms with E-state index in [2.05, 4.69) is 5.32 Å². The van der Waals surface area contributed by atoms with Gasteiger partial charge in [0.25, 0.3) is 0 Å². The number of sulfonamides is 1. The molecule has 0 aliphatic carbocycles. The molecule has 8 heteroatoms. The van der Waals surface area contributed by atoms with E-state index in [1.165, 1.54) is 23.4 Å². The van der Waals surface area contributed by atoms with Crippen molar-refractivity contribution in [3.8, 4) is 0 Å². The molecule has 0 saturated carbocycles. The monoisotopic (exact) mass is 378 g/mol. The van der Waals surface area contributed by atoms with Crippen molar-refractivity contribution in [2.45, 2.75) is 24.5 Å². The van der Waals surface area contributed by atoms with E-state index in [9.17, 15) is 17.6 Å². The number of alkyl carbamates (subject to hydrolysis) is 1. The average Bonchev–Trinajstić information content (AvgIpc) is 2.59. The third-order valence-electron chi connectivity index (χ3n) is 4.15. The van der Waals surface area contributed by atoms with Crippen LogP contribution in [-0.2, 0) is 21.4 Å². The molecular weight excluding hydrogens is 359 g/mol. The number of amides is 1. The molecule has 1 N–H and O–H groups in total. The molecule has 1 heterocycles. The van der Waals surface area contributed by atoms with Crippen molar-refractivity contribution in [3.63, 3.8) is 0 Å². The molecule has 0 unspecified atom stereocenters. The van der Waals surface area contributed by atoms with Crippen molar-refractivity contribution < 1.29 is 22.3 Å². The van der Waals surface area contributed by atoms with Crippen molar-refractivity contribution in [2.75, 3.05) is 13.1 Å². The summed E-state index contributed by atoms with van der Waals surface area (Å²) >= 11 is 0. The highest BCUT2D eigenvalue weighted by Gasteiger charge is 2.37. The van der Waals surface area contributed by atoms with Gasteiger partial charge in [-0.25, -0.2) is 17.6 Å². The molecule has 1 saturated heterocycles. The van der Waals surface area contributed by atoms with Gasteiger partial charge in [-0.1, -0.05) is 30.3 Å². The highest BCUT2D eigenvalue weighted by Crippen LogP contribution is 2.23. The Hall–Kier alpha value is -2.45. The molecule has 2 aromatic carbocycles. The van der Waals surface area contributed by atoms with Crippen LogP contribution in [0.1, 0.15) is 11.1 Å². The fourth-order valence-corrected chi connectivity index (χ4v) is 4.20. The zero-order valence-corrected chi connectivity index (χ0v) is 15.0. The van der Waals surface area contributed by atoms with Gasteiger partial charge in [-0.05, 0) is 36.2 Å². The maximum atomic E-state index is 13.3. The first-order valence-corrected chi connectivity index (χ1v) is 9.54. The van der Waals surface area contributed by atoms with Gasteiger partial charge in [-0.15, -0.1) is 0 Å². The Bertz CT molecular complexity index is 897. The van der Waals surface area contributed by atoms with Crippen LogP contribution in [0.2, 0.25) is 0 Å². The molecule has 3 rings (SSSR count). The minimum absolute atomic E-state index is 0.0431. The van der Waals surface area contributed by atoms with E-state index in [1.54, 1.807) is 0 Å². The van der Waals surface area contributed by atoms with Crippen LogP contribution in [0.25, 0.3) is 0 Å². The van der Waals surface area contributed by atoms with Gasteiger partial charge in [0.05, 0.1) is 10.9 Å². The predicted octanol–water partition coefficient (Wildman–Crippen LogP) is 2.43. The second-order valence-electron chi connectivity index (χ2n) is 6.14. The highest BCUT2D eigenvalue weighted by atomic mass is 32.2. The summed E-state index contributed by atoms with van der Waals surface area (Å²) in [5, 5.41) is 2.63. The van der Waals surface area contributed by atoms with Crippen LogP contribution >= 0.6 is 0 Å². The van der Waals surface area contributed by atoms with E-state index in [0.717, 1.165) is 11.6 Å². The maximum Gasteiger partial charge on any atom is 0.407 e. The van der Waals surface area contributed by atoms with Crippen LogP contribution in [0.4, 0.5) is 9.18 Å². The molecule has 138 valence electrons. The number of nitrogens with zero attached hydrogens (tertiary/aromatic N) is 1. The number of carbonyl (C=O) groups excluding carboxylic acids is 1. The van der Waals surface area contributed by atoms with Crippen LogP contribution in [0, 0.1) is 12.7 Å². The molecule has 1 fully saturated rings. The molecule has 1 amide bonds. The van der Waals surface area contributed by atoms with E-state index < -0.39 is 21.9 Å². The van der Waals surface area contributed by atoms with Gasteiger partial charge >= 0.3 is 6.09 Å². The number of hydrogen-bond acceptors (Lipinski definition) is 4. The van der Waals surface area contributed by atoms with Crippen molar-refractivity contribution >= 4 is 16.1 Å². The van der Waals surface area contributed by atoms with Gasteiger partial charge < -0.3 is 10.1 Å². The predicted molar refractivity (Wildman–Crippen MR) is 93.4 cm³/mol. The van der Waals surface area contributed by atoms with E-state index >= 15 is 0 Å². The van der Waals surface area contributed by atoms with Crippen molar-refractivity contribution in [1.29, 1.82) is 0 Å². The largest absolute Gasteiger partial charge is 0.445 e. The molecule has 0 atom stereocenters. The second-order valence-corrected chi connectivity index (χ2v) is 8.07. The normalized spacial score (nSPS) is 15.3. The molecule has 0 bridgehead atoms. The lowest BCUT2D eigenvalue weighted by molar-refractivity contribution is 0.123. The summed E-state index contributed by atoms with van der Waals surface area (Å²) in [5.74, 6) is -0.451. The quantitative estimate of drug-likeness (QED) is 0.867. The summed E-state index contributed by atoms with van der Waals surface area (Å²) in [7, 11) is -3.69. The zero-order valence-electron chi connectivity index (χ0n) is 14.2. The van der Waals surface area contributed by atoms with Crippen LogP contribution < -0.4 is 5.32 Å². The van der Waals surface area contributed by atoms with Gasteiger partial charge in [-0.3, -0.25) is 0 Å². The first-order chi connectivity index (χ1) is 12.4. The number of nitrogens with one attached hydrogen (secondary N) is 1. The Morgan fingerprint density at radius 1 is 1.23 bits per heavy atom. The van der Waals surface area contributed by atoms with Crippen LogP contribution in [-0.4, -0.2) is 37.9 Å². The van der Waals surface area contributed by atoms with E-state index in [-0.39, 0.29) is 36.2 Å². The lowest BCUT2D eigenvalue weighted by atomic mass is 10.2. The van der Waals surface area contributed by atoms with Crippen molar-refractivity contribution in [3.05, 3.63) is 65.5 Å². The third-order valence-corrected chi connectivity index (χ3v) is 5.98. The highest BCUT2D eigenvalue weighted by molar-refractivity contribution is 7.89. The lowest BCUT2D eigenvalue weighted by Gasteiger charge is -2.38. The summed E-state index contributed by atoms with van der Waals surface area (Å²) in [6, 6.07) is 12.6. The second kappa shape index (κ2) is 7.43. The maximum absolute atomic E-state index is 13.3. The number of carbonyl (C=O) groups is 1. The summed E-state index contributed by atoms with van der Waals surface area (Å²) in [4.78, 5) is 11.8. The average molecular weight is 378 g/mol. The molecule has 0 radical (unpaired) electrons. The van der Waals surface area contributed by atoms with E-state index in [4.69, 9.17) is 4.74 Å². The Labute approximate surface area is 151 Å². The number of aryl methyl sites for hydroxylation is 1. The summed E-state index contributed by atoms with van der Waals surface area (Å²) in [6.45, 7) is 1.96. The first kappa shape index (κ1) is 18.3. The summed E-state index contributed by atoms with van der Waals surface area (Å²) < 4.78 is 44.6. The number of hydrogen-bond donors (Lipinski definition) is 1. The molecular formula is C18H19FN2O4S. The van der Waals surface area contributed by atoms with Crippen LogP contribution in [0.3, 0.4) is 0 Å². The van der Waals surface area contributed by atoms with E-state index in [1.807, 2.05) is 30.3 Å². The Balaban J connectivity index is 1.50. The van der Waals surface area contributed by atoms with E-state index in [0.29, 0.717) is 0 Å². The SMILES string of the molecule is Cc1cc(S(=O)(=O)N2CC(NC(=O)OCc3ccccc3)C2)ccc1F. The van der Waals surface area contributed by atoms with Crippen molar-refractivity contribution in [2.24, 2.45) is 0 Å². The molecule has 6 nitrogen and oxygen atoms in total. The number of ether oxygens (including phenoxy) is 1. The molecule has 0 aromatic heterocycles. The van der Waals surface area contributed by atoms with Gasteiger partial charge in [-0.2, -0.15) is 4.31 Å². The molecule has 26 heavy (non-hydrogen) atoms. The minimum Gasteiger partial charge on any atom is -0.445 e. The fourth-order valence-electron chi connectivity index (χ4n) is 2.58. The first-order valence-electron chi connectivity index (χ1n) is 8.10. The Kier molecular flexibility index (Phi) is 5.24. The van der Waals surface area contributed by atoms with Gasteiger partial charge in [0, 0.05) is 13.1 Å². The van der Waals surface area contributed by atoms with Gasteiger partial charge in [0.1, 0.15) is 12.4 Å². The molecule has 2 aromatic rings. The minimum atomic E-state index is -3.69. The number of halogens is 1. The number of rotatable bonds is 5.